The average molecular weight is 297 g/mol. The first kappa shape index (κ1) is 13.6. The molecule has 2 aromatic rings. The van der Waals surface area contributed by atoms with Crippen molar-refractivity contribution >= 4 is 34.6 Å². The third-order valence-electron chi connectivity index (χ3n) is 2.39. The Labute approximate surface area is 119 Å². The van der Waals surface area contributed by atoms with Crippen LogP contribution in [0.3, 0.4) is 0 Å². The van der Waals surface area contributed by atoms with Crippen molar-refractivity contribution < 1.29 is 5.11 Å². The number of aromatic hydroxyl groups is 1. The summed E-state index contributed by atoms with van der Waals surface area (Å²) in [6.45, 7) is 1.76. The first-order valence-corrected chi connectivity index (χ1v) is 6.10. The molecule has 0 radical (unpaired) electrons. The van der Waals surface area contributed by atoms with Crippen LogP contribution < -0.4 is 5.43 Å². The number of rotatable bonds is 3. The molecular weight excluding hydrogens is 287 g/mol. The lowest BCUT2D eigenvalue weighted by Gasteiger charge is -2.06. The Kier molecular flexibility index (Phi) is 4.19. The molecule has 0 aliphatic carbocycles. The predicted molar refractivity (Wildman–Crippen MR) is 76.0 cm³/mol. The van der Waals surface area contributed by atoms with E-state index in [0.29, 0.717) is 17.0 Å². The van der Waals surface area contributed by atoms with Crippen molar-refractivity contribution in [1.29, 1.82) is 0 Å². The number of hydrazone groups is 1. The zero-order valence-electron chi connectivity index (χ0n) is 9.93. The van der Waals surface area contributed by atoms with Gasteiger partial charge in [0.05, 0.1) is 17.6 Å². The minimum Gasteiger partial charge on any atom is -0.507 e. The van der Waals surface area contributed by atoms with Gasteiger partial charge in [0.15, 0.2) is 5.15 Å². The van der Waals surface area contributed by atoms with Crippen LogP contribution in [0.1, 0.15) is 12.5 Å². The fourth-order valence-corrected chi connectivity index (χ4v) is 1.69. The second-order valence-corrected chi connectivity index (χ2v) is 4.43. The largest absolute Gasteiger partial charge is 0.507 e. The molecule has 1 aromatic heterocycles. The molecule has 0 unspecified atom stereocenters. The van der Waals surface area contributed by atoms with Gasteiger partial charge in [-0.2, -0.15) is 10.2 Å². The number of aromatic nitrogens is 2. The van der Waals surface area contributed by atoms with Gasteiger partial charge in [0.2, 0.25) is 0 Å². The summed E-state index contributed by atoms with van der Waals surface area (Å²) in [6.07, 6.45) is 1.41. The topological polar surface area (TPSA) is 70.4 Å². The van der Waals surface area contributed by atoms with E-state index in [1.165, 1.54) is 6.20 Å². The van der Waals surface area contributed by atoms with Crippen LogP contribution in [0.4, 0.5) is 5.69 Å². The van der Waals surface area contributed by atoms with Crippen molar-refractivity contribution in [2.24, 2.45) is 5.10 Å². The third kappa shape index (κ3) is 3.13. The number of phenols is 1. The van der Waals surface area contributed by atoms with E-state index in [9.17, 15) is 5.11 Å². The maximum absolute atomic E-state index is 9.70. The van der Waals surface area contributed by atoms with Crippen molar-refractivity contribution in [2.75, 3.05) is 5.43 Å². The van der Waals surface area contributed by atoms with Gasteiger partial charge in [0.25, 0.3) is 0 Å². The number of nitrogens with zero attached hydrogens (tertiary/aromatic N) is 3. The van der Waals surface area contributed by atoms with Crippen LogP contribution in [0.15, 0.2) is 35.6 Å². The average Bonchev–Trinajstić information content (AvgIpc) is 2.40. The van der Waals surface area contributed by atoms with Gasteiger partial charge in [0, 0.05) is 5.56 Å². The van der Waals surface area contributed by atoms with E-state index in [-0.39, 0.29) is 15.9 Å². The summed E-state index contributed by atoms with van der Waals surface area (Å²) in [5.41, 5.74) is 4.40. The minimum absolute atomic E-state index is 0.0991. The molecule has 0 saturated heterocycles. The normalized spacial score (nSPS) is 11.4. The quantitative estimate of drug-likeness (QED) is 0.673. The number of hydrogen-bond acceptors (Lipinski definition) is 5. The summed E-state index contributed by atoms with van der Waals surface area (Å²) >= 11 is 11.7. The Bertz CT molecular complexity index is 631. The van der Waals surface area contributed by atoms with Crippen LogP contribution in [-0.4, -0.2) is 21.0 Å². The van der Waals surface area contributed by atoms with Crippen LogP contribution in [0, 0.1) is 0 Å². The molecule has 1 heterocycles. The van der Waals surface area contributed by atoms with Crippen molar-refractivity contribution in [3.63, 3.8) is 0 Å². The summed E-state index contributed by atoms with van der Waals surface area (Å²) in [7, 11) is 0. The van der Waals surface area contributed by atoms with E-state index < -0.39 is 0 Å². The molecule has 2 N–H and O–H groups in total. The number of phenolic OH excluding ortho intramolecular Hbond substituents is 1. The molecule has 5 nitrogen and oxygen atoms in total. The van der Waals surface area contributed by atoms with Gasteiger partial charge in [-0.15, -0.1) is 5.10 Å². The predicted octanol–water partition coefficient (Wildman–Crippen LogP) is 3.33. The Hall–Kier alpha value is -1.85. The number of para-hydroxylation sites is 1. The number of anilines is 1. The van der Waals surface area contributed by atoms with Crippen LogP contribution in [0.5, 0.6) is 5.75 Å². The first-order chi connectivity index (χ1) is 9.09. The fraction of sp³-hybridized carbons (Fsp3) is 0.0833. The Morgan fingerprint density at radius 3 is 2.79 bits per heavy atom. The monoisotopic (exact) mass is 296 g/mol. The Morgan fingerprint density at radius 1 is 1.32 bits per heavy atom. The van der Waals surface area contributed by atoms with Crippen LogP contribution in [-0.2, 0) is 0 Å². The SMILES string of the molecule is CC(=NNc1cnnc(Cl)c1Cl)c1ccccc1O. The number of hydrogen-bond donors (Lipinski definition) is 2. The van der Waals surface area contributed by atoms with Crippen molar-refractivity contribution in [3.8, 4) is 5.75 Å². The highest BCUT2D eigenvalue weighted by atomic mass is 35.5. The molecule has 2 rings (SSSR count). The van der Waals surface area contributed by atoms with Gasteiger partial charge in [0.1, 0.15) is 10.8 Å². The van der Waals surface area contributed by atoms with Gasteiger partial charge >= 0.3 is 0 Å². The van der Waals surface area contributed by atoms with E-state index in [1.54, 1.807) is 25.1 Å². The van der Waals surface area contributed by atoms with Crippen molar-refractivity contribution in [2.45, 2.75) is 6.92 Å². The molecule has 0 aliphatic rings. The lowest BCUT2D eigenvalue weighted by Crippen LogP contribution is -2.01. The summed E-state index contributed by atoms with van der Waals surface area (Å²) < 4.78 is 0. The number of nitrogens with one attached hydrogen (secondary N) is 1. The van der Waals surface area contributed by atoms with E-state index in [4.69, 9.17) is 23.2 Å². The van der Waals surface area contributed by atoms with E-state index in [2.05, 4.69) is 20.7 Å². The van der Waals surface area contributed by atoms with E-state index in [0.717, 1.165) is 0 Å². The summed E-state index contributed by atoms with van der Waals surface area (Å²) in [6, 6.07) is 6.90. The fourth-order valence-electron chi connectivity index (χ4n) is 1.41. The minimum atomic E-state index is 0.0991. The molecular formula is C12H10Cl2N4O. The summed E-state index contributed by atoms with van der Waals surface area (Å²) in [4.78, 5) is 0. The number of halogens is 2. The van der Waals surface area contributed by atoms with E-state index >= 15 is 0 Å². The molecule has 0 saturated carbocycles. The molecule has 98 valence electrons. The highest BCUT2D eigenvalue weighted by molar-refractivity contribution is 6.42. The van der Waals surface area contributed by atoms with Crippen LogP contribution in [0.25, 0.3) is 0 Å². The molecule has 0 aliphatic heterocycles. The Balaban J connectivity index is 2.23. The zero-order chi connectivity index (χ0) is 13.8. The standard InChI is InChI=1S/C12H10Cl2N4O/c1-7(8-4-2-3-5-10(8)19)16-17-9-6-15-18-12(14)11(9)13/h2-6,19H,1H3,(H,17,18). The van der Waals surface area contributed by atoms with Gasteiger partial charge in [-0.1, -0.05) is 35.3 Å². The molecule has 0 fully saturated rings. The van der Waals surface area contributed by atoms with Gasteiger partial charge in [-0.05, 0) is 19.1 Å². The molecule has 0 amide bonds. The lowest BCUT2D eigenvalue weighted by molar-refractivity contribution is 0.474. The molecule has 1 aromatic carbocycles. The van der Waals surface area contributed by atoms with Crippen molar-refractivity contribution in [1.82, 2.24) is 10.2 Å². The van der Waals surface area contributed by atoms with Crippen LogP contribution in [0.2, 0.25) is 10.2 Å². The summed E-state index contributed by atoms with van der Waals surface area (Å²) in [5.74, 6) is 0.155. The Morgan fingerprint density at radius 2 is 2.05 bits per heavy atom. The maximum Gasteiger partial charge on any atom is 0.172 e. The molecule has 0 bridgehead atoms. The second kappa shape index (κ2) is 5.86. The number of benzene rings is 1. The third-order valence-corrected chi connectivity index (χ3v) is 3.13. The zero-order valence-corrected chi connectivity index (χ0v) is 11.4. The van der Waals surface area contributed by atoms with Gasteiger partial charge in [-0.25, -0.2) is 0 Å². The van der Waals surface area contributed by atoms with Crippen LogP contribution >= 0.6 is 23.2 Å². The van der Waals surface area contributed by atoms with E-state index in [1.807, 2.05) is 6.07 Å². The lowest BCUT2D eigenvalue weighted by atomic mass is 10.1. The first-order valence-electron chi connectivity index (χ1n) is 5.35. The van der Waals surface area contributed by atoms with Gasteiger partial charge in [-0.3, -0.25) is 5.43 Å². The molecule has 0 atom stereocenters. The highest BCUT2D eigenvalue weighted by Gasteiger charge is 2.07. The highest BCUT2D eigenvalue weighted by Crippen LogP contribution is 2.26. The molecule has 7 heteroatoms. The van der Waals surface area contributed by atoms with Gasteiger partial charge < -0.3 is 5.11 Å². The molecule has 19 heavy (non-hydrogen) atoms. The summed E-state index contributed by atoms with van der Waals surface area (Å²) in [5, 5.41) is 21.4. The molecule has 0 spiro atoms. The maximum atomic E-state index is 9.70. The van der Waals surface area contributed by atoms with Crippen molar-refractivity contribution in [3.05, 3.63) is 46.2 Å². The smallest absolute Gasteiger partial charge is 0.172 e. The second-order valence-electron chi connectivity index (χ2n) is 3.69.